The highest BCUT2D eigenvalue weighted by Crippen LogP contribution is 2.14. The van der Waals surface area contributed by atoms with Gasteiger partial charge in [0.05, 0.1) is 6.61 Å². The summed E-state index contributed by atoms with van der Waals surface area (Å²) in [7, 11) is 0. The molecule has 0 aromatic heterocycles. The first kappa shape index (κ1) is 25.1. The molecule has 0 saturated carbocycles. The van der Waals surface area contributed by atoms with E-state index in [1.807, 2.05) is 6.92 Å². The van der Waals surface area contributed by atoms with Gasteiger partial charge in [0.1, 0.15) is 0 Å². The molecule has 1 atom stereocenters. The summed E-state index contributed by atoms with van der Waals surface area (Å²) in [6.45, 7) is 4.74. The molecule has 25 heavy (non-hydrogen) atoms. The van der Waals surface area contributed by atoms with Gasteiger partial charge in [-0.1, -0.05) is 116 Å². The third-order valence-electron chi connectivity index (χ3n) is 4.91. The van der Waals surface area contributed by atoms with Crippen molar-refractivity contribution in [1.29, 1.82) is 0 Å². The molecule has 0 aromatic carbocycles. The Morgan fingerprint density at radius 3 is 1.16 bits per heavy atom. The molecule has 1 unspecified atom stereocenters. The van der Waals surface area contributed by atoms with Crippen LogP contribution in [-0.4, -0.2) is 16.6 Å². The molecular weight excluding hydrogens is 328 g/mol. The standard InChI is InChI=1S/C22H46O2S/c1-3-5-6-7-8-9-10-11-12-13-14-15-16-17-18-19-20-21-22-25(23)24-4-2/h3-22H2,1-2H3. The fourth-order valence-corrected chi connectivity index (χ4v) is 4.13. The van der Waals surface area contributed by atoms with Crippen molar-refractivity contribution in [1.82, 2.24) is 0 Å². The smallest absolute Gasteiger partial charge is 0.155 e. The maximum Gasteiger partial charge on any atom is 0.155 e. The molecular formula is C22H46O2S. The summed E-state index contributed by atoms with van der Waals surface area (Å²) in [5.74, 6) is 0.715. The maximum atomic E-state index is 11.3. The van der Waals surface area contributed by atoms with Crippen LogP contribution in [0, 0.1) is 0 Å². The van der Waals surface area contributed by atoms with E-state index in [4.69, 9.17) is 4.18 Å². The van der Waals surface area contributed by atoms with Crippen molar-refractivity contribution >= 4 is 11.1 Å². The highest BCUT2D eigenvalue weighted by atomic mass is 32.2. The van der Waals surface area contributed by atoms with Gasteiger partial charge in [-0.25, -0.2) is 4.21 Å². The van der Waals surface area contributed by atoms with Gasteiger partial charge in [-0.2, -0.15) is 0 Å². The normalized spacial score (nSPS) is 12.6. The van der Waals surface area contributed by atoms with E-state index in [0.717, 1.165) is 6.42 Å². The van der Waals surface area contributed by atoms with Gasteiger partial charge < -0.3 is 0 Å². The van der Waals surface area contributed by atoms with Crippen molar-refractivity contribution in [3.8, 4) is 0 Å². The second kappa shape index (κ2) is 22.2. The summed E-state index contributed by atoms with van der Waals surface area (Å²) in [5, 5.41) is 0. The summed E-state index contributed by atoms with van der Waals surface area (Å²) >= 11 is -1.04. The predicted octanol–water partition coefficient (Wildman–Crippen LogP) is 7.73. The zero-order valence-corrected chi connectivity index (χ0v) is 18.2. The minimum absolute atomic E-state index is 0.561. The monoisotopic (exact) mass is 374 g/mol. The van der Waals surface area contributed by atoms with Gasteiger partial charge in [0.2, 0.25) is 0 Å². The molecule has 152 valence electrons. The molecule has 0 rings (SSSR count). The van der Waals surface area contributed by atoms with Gasteiger partial charge in [0.15, 0.2) is 11.1 Å². The first-order valence-electron chi connectivity index (χ1n) is 11.3. The molecule has 0 saturated heterocycles. The van der Waals surface area contributed by atoms with Crippen molar-refractivity contribution in [2.24, 2.45) is 0 Å². The lowest BCUT2D eigenvalue weighted by atomic mass is 10.0. The van der Waals surface area contributed by atoms with Gasteiger partial charge >= 0.3 is 0 Å². The quantitative estimate of drug-likeness (QED) is 0.192. The summed E-state index contributed by atoms with van der Waals surface area (Å²) in [6, 6.07) is 0. The lowest BCUT2D eigenvalue weighted by molar-refractivity contribution is 0.370. The van der Waals surface area contributed by atoms with Gasteiger partial charge in [0, 0.05) is 5.75 Å². The Labute approximate surface area is 161 Å². The Morgan fingerprint density at radius 2 is 0.840 bits per heavy atom. The van der Waals surface area contributed by atoms with Crippen LogP contribution in [0.4, 0.5) is 0 Å². The van der Waals surface area contributed by atoms with Crippen LogP contribution in [0.5, 0.6) is 0 Å². The molecule has 0 bridgehead atoms. The minimum atomic E-state index is -1.04. The van der Waals surface area contributed by atoms with Gasteiger partial charge in [0.25, 0.3) is 0 Å². The number of unbranched alkanes of at least 4 members (excludes halogenated alkanes) is 17. The third kappa shape index (κ3) is 22.1. The lowest BCUT2D eigenvalue weighted by Gasteiger charge is -2.04. The summed E-state index contributed by atoms with van der Waals surface area (Å²) in [5.41, 5.74) is 0. The number of hydrogen-bond acceptors (Lipinski definition) is 2. The van der Waals surface area contributed by atoms with Crippen LogP contribution in [0.2, 0.25) is 0 Å². The molecule has 0 aliphatic carbocycles. The molecule has 0 aliphatic rings. The van der Waals surface area contributed by atoms with Gasteiger partial charge in [-0.05, 0) is 13.3 Å². The zero-order valence-electron chi connectivity index (χ0n) is 17.4. The van der Waals surface area contributed by atoms with E-state index in [2.05, 4.69) is 6.92 Å². The average molecular weight is 375 g/mol. The van der Waals surface area contributed by atoms with Crippen molar-refractivity contribution in [2.45, 2.75) is 129 Å². The Hall–Kier alpha value is 0.110. The predicted molar refractivity (Wildman–Crippen MR) is 113 cm³/mol. The van der Waals surface area contributed by atoms with E-state index < -0.39 is 11.1 Å². The Balaban J connectivity index is 3.02. The average Bonchev–Trinajstić information content (AvgIpc) is 2.61. The Bertz CT molecular complexity index is 269. The fourth-order valence-electron chi connectivity index (χ4n) is 3.31. The minimum Gasteiger partial charge on any atom is -0.291 e. The van der Waals surface area contributed by atoms with Crippen LogP contribution in [0.25, 0.3) is 0 Å². The van der Waals surface area contributed by atoms with E-state index >= 15 is 0 Å². The van der Waals surface area contributed by atoms with Crippen LogP contribution in [0.1, 0.15) is 129 Å². The molecule has 0 radical (unpaired) electrons. The van der Waals surface area contributed by atoms with E-state index in [0.29, 0.717) is 12.4 Å². The van der Waals surface area contributed by atoms with E-state index in [9.17, 15) is 4.21 Å². The van der Waals surface area contributed by atoms with Crippen LogP contribution in [0.15, 0.2) is 0 Å². The van der Waals surface area contributed by atoms with Crippen molar-refractivity contribution in [3.05, 3.63) is 0 Å². The van der Waals surface area contributed by atoms with Crippen LogP contribution in [-0.2, 0) is 15.3 Å². The Kier molecular flexibility index (Phi) is 22.2. The topological polar surface area (TPSA) is 26.3 Å². The molecule has 0 heterocycles. The summed E-state index contributed by atoms with van der Waals surface area (Å²) in [4.78, 5) is 0. The summed E-state index contributed by atoms with van der Waals surface area (Å²) < 4.78 is 16.4. The largest absolute Gasteiger partial charge is 0.291 e. The van der Waals surface area contributed by atoms with E-state index in [-0.39, 0.29) is 0 Å². The molecule has 0 aromatic rings. The number of rotatable bonds is 21. The van der Waals surface area contributed by atoms with Crippen LogP contribution in [0.3, 0.4) is 0 Å². The van der Waals surface area contributed by atoms with Crippen LogP contribution >= 0.6 is 0 Å². The first-order valence-corrected chi connectivity index (χ1v) is 12.6. The molecule has 0 amide bonds. The highest BCUT2D eigenvalue weighted by molar-refractivity contribution is 7.80. The van der Waals surface area contributed by atoms with E-state index in [1.165, 1.54) is 109 Å². The second-order valence-corrected chi connectivity index (χ2v) is 8.68. The fraction of sp³-hybridized carbons (Fsp3) is 1.00. The molecule has 0 N–H and O–H groups in total. The van der Waals surface area contributed by atoms with Crippen LogP contribution < -0.4 is 0 Å². The lowest BCUT2D eigenvalue weighted by Crippen LogP contribution is -2.01. The van der Waals surface area contributed by atoms with E-state index in [1.54, 1.807) is 0 Å². The summed E-state index contributed by atoms with van der Waals surface area (Å²) in [6.07, 6.45) is 25.0. The van der Waals surface area contributed by atoms with Crippen molar-refractivity contribution in [2.75, 3.05) is 12.4 Å². The van der Waals surface area contributed by atoms with Gasteiger partial charge in [-0.15, -0.1) is 0 Å². The highest BCUT2D eigenvalue weighted by Gasteiger charge is 1.99. The van der Waals surface area contributed by atoms with Crippen molar-refractivity contribution in [3.63, 3.8) is 0 Å². The van der Waals surface area contributed by atoms with Gasteiger partial charge in [-0.3, -0.25) is 4.18 Å². The molecule has 2 nitrogen and oxygen atoms in total. The Morgan fingerprint density at radius 1 is 0.520 bits per heavy atom. The molecule has 3 heteroatoms. The zero-order chi connectivity index (χ0) is 18.4. The second-order valence-electron chi connectivity index (χ2n) is 7.42. The molecule has 0 spiro atoms. The maximum absolute atomic E-state index is 11.3. The molecule has 0 aliphatic heterocycles. The number of hydrogen-bond donors (Lipinski definition) is 0. The van der Waals surface area contributed by atoms with Crippen molar-refractivity contribution < 1.29 is 8.39 Å². The SMILES string of the molecule is CCCCCCCCCCCCCCCCCCCCS(=O)OCC. The third-order valence-corrected chi connectivity index (χ3v) is 6.03. The molecule has 0 fully saturated rings. The first-order chi connectivity index (χ1) is 12.3.